The Hall–Kier alpha value is -4.01. The number of carboxylic acids is 1. The number of amides is 1. The fraction of sp³-hybridized carbons (Fsp3) is 0.432. The van der Waals surface area contributed by atoms with E-state index in [1.54, 1.807) is 19.1 Å². The largest absolute Gasteiger partial charge is 0.545 e. The highest BCUT2D eigenvalue weighted by molar-refractivity contribution is 7.53. The van der Waals surface area contributed by atoms with Crippen molar-refractivity contribution >= 4 is 36.2 Å². The van der Waals surface area contributed by atoms with Crippen molar-refractivity contribution in [2.45, 2.75) is 58.3 Å². The molecule has 0 radical (unpaired) electrons. The molecule has 0 spiro atoms. The molecular formula is C37H47FN3O6P. The topological polar surface area (TPSA) is 115 Å². The predicted molar refractivity (Wildman–Crippen MR) is 189 cm³/mol. The quantitative estimate of drug-likeness (QED) is 0.0571. The molecule has 2 aromatic carbocycles. The molecule has 0 saturated heterocycles. The van der Waals surface area contributed by atoms with Crippen LogP contribution in [-0.2, 0) is 9.09 Å². The summed E-state index contributed by atoms with van der Waals surface area (Å²) in [5, 5.41) is 17.1. The lowest BCUT2D eigenvalue weighted by Gasteiger charge is -2.20. The van der Waals surface area contributed by atoms with Crippen LogP contribution in [-0.4, -0.2) is 59.4 Å². The summed E-state index contributed by atoms with van der Waals surface area (Å²) in [7, 11) is 3.85. The van der Waals surface area contributed by atoms with Gasteiger partial charge in [0.15, 0.2) is 0 Å². The zero-order valence-corrected chi connectivity index (χ0v) is 29.5. The number of anilines is 1. The maximum absolute atomic E-state index is 13.6. The molecule has 9 nitrogen and oxygen atoms in total. The first-order chi connectivity index (χ1) is 22.9. The Kier molecular flexibility index (Phi) is 13.0. The minimum absolute atomic E-state index is 0.0142. The second-order valence-corrected chi connectivity index (χ2v) is 14.4. The average molecular weight is 680 g/mol. The lowest BCUT2D eigenvalue weighted by molar-refractivity contribution is -0.254. The number of carbonyl (C=O) groups is 2. The Labute approximate surface area is 282 Å². The van der Waals surface area contributed by atoms with Crippen LogP contribution in [0.4, 0.5) is 9.88 Å². The molecule has 48 heavy (non-hydrogen) atoms. The van der Waals surface area contributed by atoms with Crippen molar-refractivity contribution in [3.8, 4) is 22.5 Å². The molecule has 2 aromatic rings. The van der Waals surface area contributed by atoms with Gasteiger partial charge in [0.05, 0.1) is 24.8 Å². The Morgan fingerprint density at radius 3 is 2.23 bits per heavy atom. The van der Waals surface area contributed by atoms with Crippen molar-refractivity contribution in [1.29, 1.82) is 0 Å². The first-order valence-corrected chi connectivity index (χ1v) is 18.4. The van der Waals surface area contributed by atoms with Crippen LogP contribution in [0.15, 0.2) is 59.0 Å². The third kappa shape index (κ3) is 9.54. The van der Waals surface area contributed by atoms with E-state index in [0.29, 0.717) is 35.4 Å². The van der Waals surface area contributed by atoms with Gasteiger partial charge in [-0.05, 0) is 55.7 Å². The first kappa shape index (κ1) is 36.8. The summed E-state index contributed by atoms with van der Waals surface area (Å²) in [6.07, 6.45) is 7.13. The van der Waals surface area contributed by atoms with Gasteiger partial charge >= 0.3 is 7.68 Å². The molecule has 1 amide bonds. The second kappa shape index (κ2) is 16.9. The van der Waals surface area contributed by atoms with Gasteiger partial charge in [-0.3, -0.25) is 9.36 Å². The summed E-state index contributed by atoms with van der Waals surface area (Å²) in [5.41, 5.74) is 3.61. The van der Waals surface area contributed by atoms with Crippen LogP contribution in [0.1, 0.15) is 79.0 Å². The lowest BCUT2D eigenvalue weighted by atomic mass is 9.89. The molecule has 1 unspecified atom stereocenters. The van der Waals surface area contributed by atoms with Crippen LogP contribution in [0.3, 0.4) is 0 Å². The van der Waals surface area contributed by atoms with Gasteiger partial charge in [0, 0.05) is 66.1 Å². The number of carbonyl (C=O) groups excluding carboxylic acids is 2. The normalized spacial score (nSPS) is 12.6. The maximum atomic E-state index is 13.6. The molecule has 0 saturated carbocycles. The van der Waals surface area contributed by atoms with Crippen LogP contribution in [0, 0.1) is 0 Å². The molecule has 2 aliphatic rings. The number of benzene rings is 3. The highest BCUT2D eigenvalue weighted by Crippen LogP contribution is 2.49. The van der Waals surface area contributed by atoms with Crippen LogP contribution in [0.25, 0.3) is 33.4 Å². The smallest absolute Gasteiger partial charge is 0.367 e. The SMILES string of the molecule is CCOP(=O)(F)CCCCCCCCCCNC(=O)c1ccc(-c2c3ccc(=[N+](C)C)cc-3oc3cc(N(C)C)ccc23)c(C(=O)[O-])c1. The van der Waals surface area contributed by atoms with Crippen molar-refractivity contribution in [2.24, 2.45) is 0 Å². The summed E-state index contributed by atoms with van der Waals surface area (Å²) in [6.45, 7) is 2.23. The van der Waals surface area contributed by atoms with E-state index in [4.69, 9.17) is 4.42 Å². The predicted octanol–water partition coefficient (Wildman–Crippen LogP) is 6.72. The number of fused-ring (bicyclic) bond motifs is 2. The molecule has 258 valence electrons. The monoisotopic (exact) mass is 679 g/mol. The Morgan fingerprint density at radius 1 is 0.917 bits per heavy atom. The number of halogens is 1. The maximum Gasteiger partial charge on any atom is 0.367 e. The number of nitrogens with zero attached hydrogens (tertiary/aromatic N) is 2. The zero-order chi connectivity index (χ0) is 34.8. The fourth-order valence-electron chi connectivity index (χ4n) is 5.83. The minimum Gasteiger partial charge on any atom is -0.545 e. The molecular weight excluding hydrogens is 632 g/mol. The van der Waals surface area contributed by atoms with Gasteiger partial charge in [0.25, 0.3) is 5.91 Å². The molecule has 0 fully saturated rings. The van der Waals surface area contributed by atoms with E-state index in [9.17, 15) is 23.5 Å². The van der Waals surface area contributed by atoms with Crippen molar-refractivity contribution in [3.05, 3.63) is 71.1 Å². The van der Waals surface area contributed by atoms with Crippen molar-refractivity contribution in [2.75, 3.05) is 52.4 Å². The number of rotatable bonds is 17. The van der Waals surface area contributed by atoms with Crippen LogP contribution in [0.5, 0.6) is 0 Å². The van der Waals surface area contributed by atoms with Gasteiger partial charge in [-0.2, -0.15) is 4.20 Å². The molecule has 1 heterocycles. The zero-order valence-electron chi connectivity index (χ0n) is 28.6. The summed E-state index contributed by atoms with van der Waals surface area (Å²) in [4.78, 5) is 27.5. The molecule has 0 bridgehead atoms. The number of nitrogens with one attached hydrogen (secondary N) is 1. The third-order valence-electron chi connectivity index (χ3n) is 8.45. The Balaban J connectivity index is 1.43. The van der Waals surface area contributed by atoms with Gasteiger partial charge in [0.1, 0.15) is 25.4 Å². The third-order valence-corrected chi connectivity index (χ3v) is 9.95. The number of hydrogen-bond donors (Lipinski definition) is 1. The van der Waals surface area contributed by atoms with Crippen molar-refractivity contribution in [3.63, 3.8) is 0 Å². The lowest BCUT2D eigenvalue weighted by Crippen LogP contribution is -2.27. The number of carboxylic acid groups (broad SMARTS) is 1. The van der Waals surface area contributed by atoms with Gasteiger partial charge < -0.3 is 29.1 Å². The van der Waals surface area contributed by atoms with Crippen LogP contribution < -0.4 is 25.3 Å². The average Bonchev–Trinajstić information content (AvgIpc) is 3.05. The second-order valence-electron chi connectivity index (χ2n) is 12.5. The molecule has 0 aromatic heterocycles. The van der Waals surface area contributed by atoms with Crippen molar-refractivity contribution in [1.82, 2.24) is 9.89 Å². The van der Waals surface area contributed by atoms with E-state index in [1.807, 2.05) is 74.1 Å². The van der Waals surface area contributed by atoms with E-state index in [2.05, 4.69) is 9.84 Å². The summed E-state index contributed by atoms with van der Waals surface area (Å²) < 4.78 is 38.1. The van der Waals surface area contributed by atoms with Gasteiger partial charge in [-0.1, -0.05) is 44.6 Å². The molecule has 1 atom stereocenters. The highest BCUT2D eigenvalue weighted by atomic mass is 31.2. The molecule has 1 aliphatic heterocycles. The van der Waals surface area contributed by atoms with E-state index >= 15 is 0 Å². The number of hydrogen-bond acceptors (Lipinski definition) is 7. The standard InChI is InChI=1S/C37H47FN3O6P/c1-6-46-48(38,45)22-14-12-10-8-7-9-11-13-21-39-36(42)26-15-18-29(32(23-26)37(43)44)35-30-19-16-27(40(2)3)24-33(30)47-34-25-28(41(4)5)17-20-31(34)35/h15-20,23-25H,6-14,21-22H2,1-5H3,(H-,39,42,43,44). The number of unbranched alkanes of at least 4 members (excludes halogenated alkanes) is 7. The Bertz CT molecular complexity index is 1830. The van der Waals surface area contributed by atoms with E-state index < -0.39 is 13.6 Å². The fourth-order valence-corrected chi connectivity index (χ4v) is 6.95. The van der Waals surface area contributed by atoms with E-state index in [0.717, 1.165) is 66.9 Å². The Morgan fingerprint density at radius 2 is 1.58 bits per heavy atom. The van der Waals surface area contributed by atoms with E-state index in [-0.39, 0.29) is 29.8 Å². The molecule has 1 N–H and O–H groups in total. The molecule has 1 aliphatic carbocycles. The van der Waals surface area contributed by atoms with Gasteiger partial charge in [0.2, 0.25) is 5.36 Å². The summed E-state index contributed by atoms with van der Waals surface area (Å²) in [5.74, 6) is -1.11. The number of aromatic carboxylic acids is 1. The molecule has 4 rings (SSSR count). The van der Waals surface area contributed by atoms with Crippen molar-refractivity contribution < 1.29 is 32.4 Å². The molecule has 11 heteroatoms. The highest BCUT2D eigenvalue weighted by Gasteiger charge is 2.22. The van der Waals surface area contributed by atoms with Crippen LogP contribution in [0.2, 0.25) is 0 Å². The minimum atomic E-state index is -3.92. The van der Waals surface area contributed by atoms with E-state index in [1.165, 1.54) is 6.07 Å². The summed E-state index contributed by atoms with van der Waals surface area (Å²) >= 11 is 0. The summed E-state index contributed by atoms with van der Waals surface area (Å²) in [6, 6.07) is 16.3. The first-order valence-electron chi connectivity index (χ1n) is 16.7. The van der Waals surface area contributed by atoms with Gasteiger partial charge in [-0.15, -0.1) is 0 Å². The van der Waals surface area contributed by atoms with Gasteiger partial charge in [-0.25, -0.2) is 4.58 Å². The van der Waals surface area contributed by atoms with Crippen LogP contribution >= 0.6 is 7.68 Å².